The van der Waals surface area contributed by atoms with Gasteiger partial charge in [0.2, 0.25) is 0 Å². The number of aliphatic imine (C=N–C) groups is 1. The van der Waals surface area contributed by atoms with Crippen molar-refractivity contribution in [1.82, 2.24) is 10.6 Å². The first-order valence-corrected chi connectivity index (χ1v) is 9.55. The summed E-state index contributed by atoms with van der Waals surface area (Å²) in [7, 11) is 4.96. The van der Waals surface area contributed by atoms with Gasteiger partial charge in [-0.2, -0.15) is 0 Å². The lowest BCUT2D eigenvalue weighted by Crippen LogP contribution is -2.44. The van der Waals surface area contributed by atoms with Crippen LogP contribution in [0.15, 0.2) is 17.1 Å². The Morgan fingerprint density at radius 3 is 2.19 bits per heavy atom. The average Bonchev–Trinajstić information content (AvgIpc) is 2.68. The van der Waals surface area contributed by atoms with Crippen LogP contribution in [0.4, 0.5) is 0 Å². The molecule has 27 heavy (non-hydrogen) atoms. The minimum Gasteiger partial charge on any atom is -0.496 e. The van der Waals surface area contributed by atoms with Gasteiger partial charge in [0, 0.05) is 36.8 Å². The van der Waals surface area contributed by atoms with Gasteiger partial charge in [0.05, 0.1) is 21.3 Å². The van der Waals surface area contributed by atoms with Gasteiger partial charge >= 0.3 is 0 Å². The molecular formula is C20H34IN3O3. The van der Waals surface area contributed by atoms with Crippen molar-refractivity contribution < 1.29 is 14.2 Å². The number of hydrogen-bond acceptors (Lipinski definition) is 4. The van der Waals surface area contributed by atoms with Crippen molar-refractivity contribution in [1.29, 1.82) is 0 Å². The van der Waals surface area contributed by atoms with Gasteiger partial charge in [-0.15, -0.1) is 24.0 Å². The number of ether oxygens (including phenoxy) is 3. The highest BCUT2D eigenvalue weighted by atomic mass is 127. The largest absolute Gasteiger partial charge is 0.496 e. The first kappa shape index (κ1) is 23.7. The molecule has 0 aromatic heterocycles. The molecule has 1 aromatic rings. The lowest BCUT2D eigenvalue weighted by Gasteiger charge is -2.25. The van der Waals surface area contributed by atoms with Crippen molar-refractivity contribution in [3.8, 4) is 17.2 Å². The Bertz CT molecular complexity index is 565. The molecule has 0 amide bonds. The molecule has 7 heteroatoms. The summed E-state index contributed by atoms with van der Waals surface area (Å²) < 4.78 is 16.3. The van der Waals surface area contributed by atoms with Gasteiger partial charge in [0.15, 0.2) is 5.96 Å². The van der Waals surface area contributed by atoms with Crippen LogP contribution in [-0.2, 0) is 6.42 Å². The summed E-state index contributed by atoms with van der Waals surface area (Å²) in [5, 5.41) is 6.92. The molecule has 1 saturated carbocycles. The smallest absolute Gasteiger partial charge is 0.191 e. The molecular weight excluding hydrogens is 457 g/mol. The molecule has 2 N–H and O–H groups in total. The van der Waals surface area contributed by atoms with Gasteiger partial charge in [0.25, 0.3) is 0 Å². The van der Waals surface area contributed by atoms with Gasteiger partial charge in [0.1, 0.15) is 17.2 Å². The second-order valence-corrected chi connectivity index (χ2v) is 6.50. The van der Waals surface area contributed by atoms with Crippen LogP contribution in [0.2, 0.25) is 0 Å². The number of methoxy groups -OCH3 is 3. The van der Waals surface area contributed by atoms with Gasteiger partial charge in [-0.05, 0) is 26.2 Å². The van der Waals surface area contributed by atoms with Crippen LogP contribution in [0.1, 0.15) is 44.6 Å². The van der Waals surface area contributed by atoms with E-state index in [0.717, 1.165) is 41.7 Å². The molecule has 0 spiro atoms. The molecule has 0 saturated heterocycles. The summed E-state index contributed by atoms with van der Waals surface area (Å²) in [5.41, 5.74) is 1.01. The number of nitrogens with zero attached hydrogens (tertiary/aromatic N) is 1. The highest BCUT2D eigenvalue weighted by Gasteiger charge is 2.15. The molecule has 2 rings (SSSR count). The zero-order valence-corrected chi connectivity index (χ0v) is 19.3. The van der Waals surface area contributed by atoms with Gasteiger partial charge < -0.3 is 24.8 Å². The van der Waals surface area contributed by atoms with E-state index in [2.05, 4.69) is 17.6 Å². The number of halogens is 1. The molecule has 0 atom stereocenters. The zero-order valence-electron chi connectivity index (χ0n) is 17.0. The van der Waals surface area contributed by atoms with E-state index in [0.29, 0.717) is 12.6 Å². The molecule has 0 aliphatic heterocycles. The summed E-state index contributed by atoms with van der Waals surface area (Å²) in [6.07, 6.45) is 7.14. The van der Waals surface area contributed by atoms with Crippen molar-refractivity contribution in [2.45, 2.75) is 51.5 Å². The highest BCUT2D eigenvalue weighted by molar-refractivity contribution is 14.0. The molecule has 154 valence electrons. The SMILES string of the molecule is CCNC(=NCCc1c(OC)cc(OC)cc1OC)NC1CCCCC1.I. The normalized spacial score (nSPS) is 14.9. The van der Waals surface area contributed by atoms with Crippen LogP contribution >= 0.6 is 24.0 Å². The van der Waals surface area contributed by atoms with Gasteiger partial charge in [-0.25, -0.2) is 0 Å². The molecule has 0 bridgehead atoms. The molecule has 0 unspecified atom stereocenters. The number of benzene rings is 1. The van der Waals surface area contributed by atoms with Crippen molar-refractivity contribution in [2.24, 2.45) is 4.99 Å². The Morgan fingerprint density at radius 2 is 1.67 bits per heavy atom. The first-order valence-electron chi connectivity index (χ1n) is 9.55. The molecule has 1 aromatic carbocycles. The standard InChI is InChI=1S/C20H33N3O3.HI/c1-5-21-20(23-15-9-7-6-8-10-15)22-12-11-17-18(25-3)13-16(24-2)14-19(17)26-4;/h13-15H,5-12H2,1-4H3,(H2,21,22,23);1H. The van der Waals surface area contributed by atoms with Crippen LogP contribution in [0.25, 0.3) is 0 Å². The summed E-state index contributed by atoms with van der Waals surface area (Å²) >= 11 is 0. The van der Waals surface area contributed by atoms with Crippen LogP contribution < -0.4 is 24.8 Å². The van der Waals surface area contributed by atoms with E-state index < -0.39 is 0 Å². The number of rotatable bonds is 8. The minimum atomic E-state index is 0. The topological polar surface area (TPSA) is 64.1 Å². The Kier molecular flexibility index (Phi) is 11.3. The average molecular weight is 491 g/mol. The quantitative estimate of drug-likeness (QED) is 0.330. The van der Waals surface area contributed by atoms with Gasteiger partial charge in [-0.1, -0.05) is 19.3 Å². The fraction of sp³-hybridized carbons (Fsp3) is 0.650. The number of hydrogen-bond donors (Lipinski definition) is 2. The lowest BCUT2D eigenvalue weighted by atomic mass is 9.96. The third-order valence-electron chi connectivity index (χ3n) is 4.74. The van der Waals surface area contributed by atoms with E-state index in [9.17, 15) is 0 Å². The summed E-state index contributed by atoms with van der Waals surface area (Å²) in [6, 6.07) is 4.30. The zero-order chi connectivity index (χ0) is 18.8. The monoisotopic (exact) mass is 491 g/mol. The summed E-state index contributed by atoms with van der Waals surface area (Å²) in [6.45, 7) is 3.60. The predicted molar refractivity (Wildman–Crippen MR) is 121 cm³/mol. The van der Waals surface area contributed by atoms with Crippen LogP contribution in [0.5, 0.6) is 17.2 Å². The van der Waals surface area contributed by atoms with Crippen LogP contribution in [-0.4, -0.2) is 46.4 Å². The van der Waals surface area contributed by atoms with Crippen molar-refractivity contribution in [2.75, 3.05) is 34.4 Å². The number of nitrogens with one attached hydrogen (secondary N) is 2. The van der Waals surface area contributed by atoms with E-state index in [1.165, 1.54) is 32.1 Å². The first-order chi connectivity index (χ1) is 12.7. The van der Waals surface area contributed by atoms with Crippen molar-refractivity contribution >= 4 is 29.9 Å². The van der Waals surface area contributed by atoms with Crippen LogP contribution in [0.3, 0.4) is 0 Å². The summed E-state index contributed by atoms with van der Waals surface area (Å²) in [4.78, 5) is 4.75. The third kappa shape index (κ3) is 7.27. The van der Waals surface area contributed by atoms with E-state index in [1.54, 1.807) is 21.3 Å². The molecule has 1 aliphatic carbocycles. The Morgan fingerprint density at radius 1 is 1.04 bits per heavy atom. The Balaban J connectivity index is 0.00000364. The predicted octanol–water partition coefficient (Wildman–Crippen LogP) is 3.76. The molecule has 0 heterocycles. The van der Waals surface area contributed by atoms with E-state index >= 15 is 0 Å². The molecule has 1 aliphatic rings. The maximum Gasteiger partial charge on any atom is 0.191 e. The maximum atomic E-state index is 5.52. The van der Waals surface area contributed by atoms with Crippen molar-refractivity contribution in [3.05, 3.63) is 17.7 Å². The van der Waals surface area contributed by atoms with Crippen molar-refractivity contribution in [3.63, 3.8) is 0 Å². The fourth-order valence-corrected chi connectivity index (χ4v) is 3.36. The summed E-state index contributed by atoms with van der Waals surface area (Å²) in [5.74, 6) is 3.15. The van der Waals surface area contributed by atoms with E-state index in [1.807, 2.05) is 12.1 Å². The maximum absolute atomic E-state index is 5.52. The van der Waals surface area contributed by atoms with E-state index in [4.69, 9.17) is 19.2 Å². The highest BCUT2D eigenvalue weighted by Crippen LogP contribution is 2.34. The molecule has 6 nitrogen and oxygen atoms in total. The van der Waals surface area contributed by atoms with E-state index in [-0.39, 0.29) is 24.0 Å². The molecule has 1 fully saturated rings. The fourth-order valence-electron chi connectivity index (χ4n) is 3.36. The van der Waals surface area contributed by atoms with Crippen LogP contribution in [0, 0.1) is 0 Å². The minimum absolute atomic E-state index is 0. The molecule has 0 radical (unpaired) electrons. The third-order valence-corrected chi connectivity index (χ3v) is 4.74. The van der Waals surface area contributed by atoms with Gasteiger partial charge in [-0.3, -0.25) is 4.99 Å². The lowest BCUT2D eigenvalue weighted by molar-refractivity contribution is 0.369. The Labute approximate surface area is 180 Å². The second-order valence-electron chi connectivity index (χ2n) is 6.50. The second kappa shape index (κ2) is 12.9. The number of guanidine groups is 1. The Hall–Kier alpha value is -1.38.